The molecule has 1 atom stereocenters. The van der Waals surface area contributed by atoms with Gasteiger partial charge in [0.25, 0.3) is 0 Å². The zero-order valence-electron chi connectivity index (χ0n) is 27.9. The van der Waals surface area contributed by atoms with Gasteiger partial charge >= 0.3 is 5.97 Å². The number of nitrogens with zero attached hydrogens (tertiary/aromatic N) is 5. The first-order valence-electron chi connectivity index (χ1n) is 16.4. The van der Waals surface area contributed by atoms with Crippen molar-refractivity contribution in [2.75, 3.05) is 33.2 Å². The Hall–Kier alpha value is -3.34. The van der Waals surface area contributed by atoms with Gasteiger partial charge in [0.15, 0.2) is 6.10 Å². The molecule has 246 valence electrons. The number of aliphatic carboxylic acids is 1. The van der Waals surface area contributed by atoms with Crippen molar-refractivity contribution in [2.45, 2.75) is 64.2 Å². The van der Waals surface area contributed by atoms with Crippen LogP contribution >= 0.6 is 22.9 Å². The van der Waals surface area contributed by atoms with Crippen LogP contribution in [0.2, 0.25) is 5.02 Å². The van der Waals surface area contributed by atoms with E-state index in [0.717, 1.165) is 74.6 Å². The van der Waals surface area contributed by atoms with Crippen LogP contribution in [0.3, 0.4) is 0 Å². The van der Waals surface area contributed by atoms with E-state index in [1.807, 2.05) is 58.0 Å². The van der Waals surface area contributed by atoms with Crippen molar-refractivity contribution in [3.05, 3.63) is 70.4 Å². The summed E-state index contributed by atoms with van der Waals surface area (Å²) >= 11 is 7.83. The van der Waals surface area contributed by atoms with E-state index in [2.05, 4.69) is 46.8 Å². The predicted molar refractivity (Wildman–Crippen MR) is 191 cm³/mol. The second kappa shape index (κ2) is 12.3. The summed E-state index contributed by atoms with van der Waals surface area (Å²) in [6.45, 7) is 12.2. The maximum absolute atomic E-state index is 12.7. The number of likely N-dealkylation sites (tertiary alicyclic amines) is 2. The molecule has 10 heteroatoms. The Labute approximate surface area is 284 Å². The van der Waals surface area contributed by atoms with Crippen LogP contribution in [0.4, 0.5) is 0 Å². The highest BCUT2D eigenvalue weighted by atomic mass is 35.5. The van der Waals surface area contributed by atoms with Crippen LogP contribution in [0.5, 0.6) is 0 Å². The van der Waals surface area contributed by atoms with E-state index in [9.17, 15) is 9.90 Å². The molecule has 5 aromatic rings. The van der Waals surface area contributed by atoms with Gasteiger partial charge in [0.05, 0.1) is 32.5 Å². The lowest BCUT2D eigenvalue weighted by molar-refractivity contribution is -0.160. The summed E-state index contributed by atoms with van der Waals surface area (Å²) in [5.74, 6) is -0.555. The van der Waals surface area contributed by atoms with Gasteiger partial charge in [0.2, 0.25) is 0 Å². The van der Waals surface area contributed by atoms with E-state index in [1.165, 1.54) is 18.7 Å². The van der Waals surface area contributed by atoms with Crippen molar-refractivity contribution in [1.29, 1.82) is 0 Å². The van der Waals surface area contributed by atoms with Gasteiger partial charge < -0.3 is 19.3 Å². The van der Waals surface area contributed by atoms with Crippen molar-refractivity contribution in [1.82, 2.24) is 24.3 Å². The first kappa shape index (κ1) is 32.2. The third kappa shape index (κ3) is 6.20. The number of hydrogen-bond donors (Lipinski definition) is 1. The second-order valence-electron chi connectivity index (χ2n) is 14.2. The Morgan fingerprint density at radius 2 is 1.77 bits per heavy atom. The highest BCUT2D eigenvalue weighted by Gasteiger charge is 2.34. The van der Waals surface area contributed by atoms with Gasteiger partial charge in [-0.2, -0.15) is 0 Å². The average molecular weight is 672 g/mol. The van der Waals surface area contributed by atoms with E-state index in [-0.39, 0.29) is 0 Å². The Kier molecular flexibility index (Phi) is 8.42. The molecule has 3 aromatic heterocycles. The maximum atomic E-state index is 12.7. The number of halogens is 1. The topological polar surface area (TPSA) is 83.7 Å². The molecule has 47 heavy (non-hydrogen) atoms. The maximum Gasteiger partial charge on any atom is 0.337 e. The summed E-state index contributed by atoms with van der Waals surface area (Å²) in [6, 6.07) is 14.4. The molecule has 0 saturated carbocycles. The van der Waals surface area contributed by atoms with Crippen molar-refractivity contribution in [3.63, 3.8) is 0 Å². The summed E-state index contributed by atoms with van der Waals surface area (Å²) in [5.41, 5.74) is 7.56. The molecule has 2 saturated heterocycles. The fourth-order valence-corrected chi connectivity index (χ4v) is 8.55. The number of carbonyl (C=O) groups is 1. The molecule has 2 aliphatic rings. The van der Waals surface area contributed by atoms with Gasteiger partial charge in [-0.05, 0) is 114 Å². The van der Waals surface area contributed by atoms with Gasteiger partial charge in [-0.3, -0.25) is 4.90 Å². The van der Waals surface area contributed by atoms with Gasteiger partial charge in [-0.25, -0.2) is 14.8 Å². The Balaban J connectivity index is 1.31. The first-order valence-corrected chi connectivity index (χ1v) is 17.6. The number of rotatable bonds is 7. The highest BCUT2D eigenvalue weighted by molar-refractivity contribution is 7.22. The van der Waals surface area contributed by atoms with Crippen molar-refractivity contribution < 1.29 is 14.6 Å². The number of aromatic nitrogens is 3. The monoisotopic (exact) mass is 671 g/mol. The van der Waals surface area contributed by atoms with Crippen LogP contribution in [0.15, 0.2) is 48.7 Å². The number of hydrogen-bond acceptors (Lipinski definition) is 7. The number of fused-ring (bicyclic) bond motifs is 2. The van der Waals surface area contributed by atoms with Crippen LogP contribution in [0.1, 0.15) is 62.3 Å². The van der Waals surface area contributed by atoms with Crippen LogP contribution in [0.25, 0.3) is 43.1 Å². The third-order valence-electron chi connectivity index (χ3n) is 9.63. The molecule has 2 aliphatic heterocycles. The van der Waals surface area contributed by atoms with Crippen molar-refractivity contribution >= 4 is 50.2 Å². The van der Waals surface area contributed by atoms with E-state index < -0.39 is 17.7 Å². The average Bonchev–Trinajstić information content (AvgIpc) is 3.58. The number of thiazole rings is 1. The lowest BCUT2D eigenvalue weighted by Crippen LogP contribution is -2.59. The largest absolute Gasteiger partial charge is 0.479 e. The van der Waals surface area contributed by atoms with Crippen LogP contribution in [-0.4, -0.2) is 80.3 Å². The van der Waals surface area contributed by atoms with E-state index in [1.54, 1.807) is 11.3 Å². The fourth-order valence-electron chi connectivity index (χ4n) is 7.33. The molecule has 2 aromatic carbocycles. The minimum absolute atomic E-state index is 0.475. The molecular weight excluding hydrogens is 630 g/mol. The minimum atomic E-state index is -1.16. The predicted octanol–water partition coefficient (Wildman–Crippen LogP) is 7.91. The zero-order chi connectivity index (χ0) is 33.2. The molecule has 0 radical (unpaired) electrons. The van der Waals surface area contributed by atoms with Gasteiger partial charge in [-0.15, -0.1) is 11.3 Å². The van der Waals surface area contributed by atoms with Crippen LogP contribution < -0.4 is 0 Å². The molecule has 8 nitrogen and oxygen atoms in total. The van der Waals surface area contributed by atoms with Crippen molar-refractivity contribution in [3.8, 4) is 21.8 Å². The molecule has 0 aliphatic carbocycles. The normalized spacial score (nSPS) is 17.9. The summed E-state index contributed by atoms with van der Waals surface area (Å²) in [4.78, 5) is 28.1. The Bertz CT molecular complexity index is 1960. The van der Waals surface area contributed by atoms with Gasteiger partial charge in [0, 0.05) is 48.5 Å². The summed E-state index contributed by atoms with van der Waals surface area (Å²) in [6.07, 6.45) is 3.39. The summed E-state index contributed by atoms with van der Waals surface area (Å²) in [5, 5.41) is 11.8. The lowest BCUT2D eigenvalue weighted by Gasteiger charge is -2.46. The van der Waals surface area contributed by atoms with Crippen LogP contribution in [0, 0.1) is 6.92 Å². The number of carboxylic acid groups (broad SMARTS) is 1. The molecule has 0 spiro atoms. The molecule has 0 unspecified atom stereocenters. The molecule has 5 heterocycles. The van der Waals surface area contributed by atoms with E-state index in [0.29, 0.717) is 22.5 Å². The summed E-state index contributed by atoms with van der Waals surface area (Å²) in [7, 11) is 4.30. The van der Waals surface area contributed by atoms with Gasteiger partial charge in [-0.1, -0.05) is 23.7 Å². The van der Waals surface area contributed by atoms with Gasteiger partial charge in [0.1, 0.15) is 5.01 Å². The van der Waals surface area contributed by atoms with E-state index in [4.69, 9.17) is 26.3 Å². The first-order chi connectivity index (χ1) is 22.4. The fraction of sp³-hybridized carbons (Fsp3) is 0.432. The minimum Gasteiger partial charge on any atom is -0.479 e. The number of aryl methyl sites for hydroxylation is 2. The molecule has 1 N–H and O–H groups in total. The second-order valence-corrected chi connectivity index (χ2v) is 15.7. The number of pyridine rings is 1. The van der Waals surface area contributed by atoms with Crippen molar-refractivity contribution in [2.24, 2.45) is 7.05 Å². The standard InChI is InChI=1S/C37H42ClN5O3S/c1-21-17-28-34(31(23-7-9-24(38)10-8-23)30(21)33(36(44)45)46-37(2,3)4)47-35(40-28)27-11-12-29-32(39-27)26(20-42(29)6)22-13-15-43(16-14-22)25-18-41(5)19-25/h7-12,17,20,22,25,33H,13-16,18-19H2,1-6H3,(H,44,45)/t33-/m0/s1. The summed E-state index contributed by atoms with van der Waals surface area (Å²) < 4.78 is 9.28. The number of ether oxygens (including phenoxy) is 1. The quantitative estimate of drug-likeness (QED) is 0.188. The SMILES string of the molecule is Cc1cc2nc(-c3ccc4c(n3)c(C3CCN(C5CN(C)C5)CC3)cn4C)sc2c(-c2ccc(Cl)cc2)c1[C@H](OC(C)(C)C)C(=O)O. The highest BCUT2D eigenvalue weighted by Crippen LogP contribution is 2.45. The molecule has 0 bridgehead atoms. The van der Waals surface area contributed by atoms with E-state index >= 15 is 0 Å². The molecular formula is C37H42ClN5O3S. The number of benzene rings is 2. The zero-order valence-corrected chi connectivity index (χ0v) is 29.5. The Morgan fingerprint density at radius 1 is 1.06 bits per heavy atom. The molecule has 7 rings (SSSR count). The number of carboxylic acids is 1. The smallest absolute Gasteiger partial charge is 0.337 e. The lowest BCUT2D eigenvalue weighted by atomic mass is 9.89. The van der Waals surface area contributed by atoms with Crippen LogP contribution in [-0.2, 0) is 16.6 Å². The molecule has 0 amide bonds. The number of likely N-dealkylation sites (N-methyl/N-ethyl adjacent to an activating group) is 1. The Morgan fingerprint density at radius 3 is 2.40 bits per heavy atom. The molecule has 2 fully saturated rings. The number of piperidine rings is 1. The third-order valence-corrected chi connectivity index (χ3v) is 11.0.